The van der Waals surface area contributed by atoms with Crippen molar-refractivity contribution in [3.05, 3.63) is 75.5 Å². The highest BCUT2D eigenvalue weighted by Gasteiger charge is 2.20. The molecule has 0 atom stereocenters. The third-order valence-corrected chi connectivity index (χ3v) is 4.23. The molecule has 29 heavy (non-hydrogen) atoms. The zero-order valence-corrected chi connectivity index (χ0v) is 16.0. The average molecular weight is 398 g/mol. The summed E-state index contributed by atoms with van der Waals surface area (Å²) in [6, 6.07) is 8.99. The molecule has 2 aromatic heterocycles. The van der Waals surface area contributed by atoms with E-state index in [1.807, 2.05) is 0 Å². The number of rotatable bonds is 6. The van der Waals surface area contributed by atoms with Crippen LogP contribution in [0.1, 0.15) is 32.4 Å². The first-order valence-corrected chi connectivity index (χ1v) is 8.53. The average Bonchev–Trinajstić information content (AvgIpc) is 3.34. The number of carbonyl (C=O) groups is 2. The molecule has 0 saturated heterocycles. The minimum Gasteiger partial charge on any atom is -0.465 e. The van der Waals surface area contributed by atoms with Gasteiger partial charge in [-0.1, -0.05) is 6.07 Å². The third kappa shape index (κ3) is 4.15. The van der Waals surface area contributed by atoms with E-state index >= 15 is 0 Å². The summed E-state index contributed by atoms with van der Waals surface area (Å²) in [4.78, 5) is 36.1. The van der Waals surface area contributed by atoms with Gasteiger partial charge in [-0.2, -0.15) is 5.10 Å². The minimum absolute atomic E-state index is 0.0717. The van der Waals surface area contributed by atoms with Crippen molar-refractivity contribution in [2.75, 3.05) is 14.2 Å². The fourth-order valence-electron chi connectivity index (χ4n) is 2.77. The monoisotopic (exact) mass is 398 g/mol. The first-order valence-electron chi connectivity index (χ1n) is 8.53. The Bertz CT molecular complexity index is 1080. The summed E-state index contributed by atoms with van der Waals surface area (Å²) < 4.78 is 11.6. The Morgan fingerprint density at radius 1 is 1.31 bits per heavy atom. The smallest absolute Gasteiger partial charge is 0.341 e. The van der Waals surface area contributed by atoms with Gasteiger partial charge in [0, 0.05) is 25.4 Å². The highest BCUT2D eigenvalue weighted by Crippen LogP contribution is 2.19. The van der Waals surface area contributed by atoms with Gasteiger partial charge in [0.1, 0.15) is 17.1 Å². The predicted octanol–water partition coefficient (Wildman–Crippen LogP) is 2.74. The molecule has 0 spiro atoms. The summed E-state index contributed by atoms with van der Waals surface area (Å²) in [5, 5.41) is 15.1. The number of methoxy groups -OCH3 is 1. The van der Waals surface area contributed by atoms with Crippen LogP contribution in [0.2, 0.25) is 0 Å². The maximum atomic E-state index is 12.7. The second-order valence-corrected chi connectivity index (χ2v) is 6.26. The summed E-state index contributed by atoms with van der Waals surface area (Å²) in [5.74, 6) is -0.0513. The van der Waals surface area contributed by atoms with E-state index in [4.69, 9.17) is 4.42 Å². The van der Waals surface area contributed by atoms with E-state index in [1.165, 1.54) is 41.0 Å². The number of nitro groups is 1. The van der Waals surface area contributed by atoms with E-state index in [-0.39, 0.29) is 23.8 Å². The van der Waals surface area contributed by atoms with Crippen molar-refractivity contribution >= 4 is 17.6 Å². The fraction of sp³-hybridized carbons (Fsp3) is 0.211. The van der Waals surface area contributed by atoms with E-state index in [0.717, 1.165) is 0 Å². The van der Waals surface area contributed by atoms with Gasteiger partial charge in [-0.3, -0.25) is 14.9 Å². The number of aryl methyl sites for hydroxylation is 1. The van der Waals surface area contributed by atoms with Gasteiger partial charge in [0.05, 0.1) is 24.3 Å². The van der Waals surface area contributed by atoms with Gasteiger partial charge in [0.15, 0.2) is 5.69 Å². The minimum atomic E-state index is -0.512. The van der Waals surface area contributed by atoms with Gasteiger partial charge in [0.2, 0.25) is 0 Å². The van der Waals surface area contributed by atoms with Crippen LogP contribution < -0.4 is 0 Å². The largest absolute Gasteiger partial charge is 0.465 e. The second kappa shape index (κ2) is 7.97. The number of nitrogens with zero attached hydrogens (tertiary/aromatic N) is 4. The van der Waals surface area contributed by atoms with Crippen molar-refractivity contribution < 1.29 is 23.7 Å². The lowest BCUT2D eigenvalue weighted by Gasteiger charge is -2.14. The predicted molar refractivity (Wildman–Crippen MR) is 101 cm³/mol. The molecule has 0 bridgehead atoms. The molecule has 150 valence electrons. The van der Waals surface area contributed by atoms with Crippen molar-refractivity contribution in [3.63, 3.8) is 0 Å². The van der Waals surface area contributed by atoms with Gasteiger partial charge >= 0.3 is 5.97 Å². The number of aromatic nitrogens is 2. The van der Waals surface area contributed by atoms with Crippen LogP contribution >= 0.6 is 0 Å². The first-order chi connectivity index (χ1) is 13.8. The molecule has 0 aliphatic heterocycles. The summed E-state index contributed by atoms with van der Waals surface area (Å²) in [6.07, 6.45) is 1.55. The highest BCUT2D eigenvalue weighted by atomic mass is 16.6. The Morgan fingerprint density at radius 3 is 2.76 bits per heavy atom. The number of benzene rings is 1. The molecular formula is C19H18N4O6. The van der Waals surface area contributed by atoms with Crippen molar-refractivity contribution in [2.24, 2.45) is 0 Å². The maximum Gasteiger partial charge on any atom is 0.341 e. The number of hydrogen-bond donors (Lipinski definition) is 0. The summed E-state index contributed by atoms with van der Waals surface area (Å²) in [7, 11) is 2.85. The zero-order valence-electron chi connectivity index (χ0n) is 16.0. The van der Waals surface area contributed by atoms with Crippen molar-refractivity contribution in [1.82, 2.24) is 14.7 Å². The molecule has 0 N–H and O–H groups in total. The van der Waals surface area contributed by atoms with Gasteiger partial charge in [-0.25, -0.2) is 9.48 Å². The third-order valence-electron chi connectivity index (χ3n) is 4.23. The molecule has 0 radical (unpaired) electrons. The summed E-state index contributed by atoms with van der Waals surface area (Å²) in [6.45, 7) is 1.76. The lowest BCUT2D eigenvalue weighted by molar-refractivity contribution is -0.384. The number of esters is 1. The van der Waals surface area contributed by atoms with Crippen LogP contribution in [0.15, 0.2) is 47.0 Å². The van der Waals surface area contributed by atoms with Crippen LogP contribution in [0.4, 0.5) is 5.69 Å². The first kappa shape index (κ1) is 19.8. The molecule has 2 heterocycles. The lowest BCUT2D eigenvalue weighted by Crippen LogP contribution is -2.26. The van der Waals surface area contributed by atoms with Crippen molar-refractivity contribution in [3.8, 4) is 5.69 Å². The molecule has 0 fully saturated rings. The van der Waals surface area contributed by atoms with E-state index in [9.17, 15) is 19.7 Å². The van der Waals surface area contributed by atoms with Crippen LogP contribution in [0.5, 0.6) is 0 Å². The summed E-state index contributed by atoms with van der Waals surface area (Å²) >= 11 is 0. The molecule has 3 rings (SSSR count). The fourth-order valence-corrected chi connectivity index (χ4v) is 2.77. The Balaban J connectivity index is 1.75. The second-order valence-electron chi connectivity index (χ2n) is 6.26. The molecule has 3 aromatic rings. The number of ether oxygens (including phenoxy) is 1. The van der Waals surface area contributed by atoms with Crippen molar-refractivity contribution in [1.29, 1.82) is 0 Å². The standard InChI is InChI=1S/C19H18N4O6/c1-12-16(19(25)28-3)10-15(29-12)11-21(2)18(24)17-7-8-22(20-17)13-5-4-6-14(9-13)23(26)27/h4-10H,11H2,1-3H3. The normalized spacial score (nSPS) is 10.6. The van der Waals surface area contributed by atoms with Crippen LogP contribution in [0.3, 0.4) is 0 Å². The number of furan rings is 1. The SMILES string of the molecule is COC(=O)c1cc(CN(C)C(=O)c2ccn(-c3cccc([N+](=O)[O-])c3)n2)oc1C. The Labute approximate surface area is 165 Å². The Morgan fingerprint density at radius 2 is 2.07 bits per heavy atom. The molecule has 0 aliphatic rings. The van der Waals surface area contributed by atoms with Crippen LogP contribution in [-0.2, 0) is 11.3 Å². The molecule has 1 amide bonds. The summed E-state index contributed by atoms with van der Waals surface area (Å²) in [5.41, 5.74) is 0.858. The number of carbonyl (C=O) groups excluding carboxylic acids is 2. The molecule has 10 nitrogen and oxygen atoms in total. The highest BCUT2D eigenvalue weighted by molar-refractivity contribution is 5.92. The molecular weight excluding hydrogens is 380 g/mol. The van der Waals surface area contributed by atoms with Crippen LogP contribution in [0, 0.1) is 17.0 Å². The quantitative estimate of drug-likeness (QED) is 0.355. The van der Waals surface area contributed by atoms with Gasteiger partial charge in [-0.05, 0) is 25.1 Å². The van der Waals surface area contributed by atoms with E-state index in [2.05, 4.69) is 9.84 Å². The maximum absolute atomic E-state index is 12.7. The number of amides is 1. The van der Waals surface area contributed by atoms with E-state index < -0.39 is 10.9 Å². The number of non-ortho nitro benzene ring substituents is 1. The molecule has 10 heteroatoms. The number of nitro benzene ring substituents is 1. The lowest BCUT2D eigenvalue weighted by atomic mass is 10.2. The van der Waals surface area contributed by atoms with Gasteiger partial charge in [0.25, 0.3) is 11.6 Å². The number of hydrogen-bond acceptors (Lipinski definition) is 7. The zero-order chi connectivity index (χ0) is 21.1. The molecule has 1 aromatic carbocycles. The van der Waals surface area contributed by atoms with Gasteiger partial charge < -0.3 is 14.1 Å². The molecule has 0 unspecified atom stereocenters. The Hall–Kier alpha value is -3.95. The molecule has 0 aliphatic carbocycles. The van der Waals surface area contributed by atoms with Gasteiger partial charge in [-0.15, -0.1) is 0 Å². The van der Waals surface area contributed by atoms with E-state index in [0.29, 0.717) is 22.8 Å². The van der Waals surface area contributed by atoms with Crippen molar-refractivity contribution in [2.45, 2.75) is 13.5 Å². The topological polar surface area (TPSA) is 121 Å². The van der Waals surface area contributed by atoms with Crippen LogP contribution in [-0.4, -0.2) is 45.6 Å². The van der Waals surface area contributed by atoms with E-state index in [1.54, 1.807) is 32.3 Å². The molecule has 0 saturated carbocycles. The van der Waals surface area contributed by atoms with Crippen LogP contribution in [0.25, 0.3) is 5.69 Å². The Kier molecular flexibility index (Phi) is 5.44.